The van der Waals surface area contributed by atoms with Crippen LogP contribution in [0, 0.1) is 5.82 Å². The van der Waals surface area contributed by atoms with Gasteiger partial charge in [-0.25, -0.2) is 17.6 Å². The van der Waals surface area contributed by atoms with E-state index in [1.54, 1.807) is 29.2 Å². The molecule has 1 heterocycles. The Balaban J connectivity index is 1.61. The SMILES string of the molecule is O=C(Nc1cccc(Cl)c1)N1CCC(S(=O)(=O)c2ccc(F)cc2)CC1. The highest BCUT2D eigenvalue weighted by molar-refractivity contribution is 7.92. The number of benzene rings is 2. The summed E-state index contributed by atoms with van der Waals surface area (Å²) in [6.45, 7) is 0.662. The van der Waals surface area contributed by atoms with Crippen molar-refractivity contribution in [1.29, 1.82) is 0 Å². The van der Waals surface area contributed by atoms with Crippen LogP contribution < -0.4 is 5.32 Å². The lowest BCUT2D eigenvalue weighted by Crippen LogP contribution is -2.44. The molecule has 1 aliphatic heterocycles. The molecule has 138 valence electrons. The molecule has 2 amide bonds. The molecular weight excluding hydrogens is 379 g/mol. The summed E-state index contributed by atoms with van der Waals surface area (Å²) in [6.07, 6.45) is 0.672. The van der Waals surface area contributed by atoms with Gasteiger partial charge in [0.1, 0.15) is 5.82 Å². The van der Waals surface area contributed by atoms with Gasteiger partial charge in [0.05, 0.1) is 10.1 Å². The van der Waals surface area contributed by atoms with Crippen LogP contribution in [0.1, 0.15) is 12.8 Å². The summed E-state index contributed by atoms with van der Waals surface area (Å²) < 4.78 is 38.3. The molecule has 2 aromatic rings. The third-order valence-electron chi connectivity index (χ3n) is 4.39. The van der Waals surface area contributed by atoms with Crippen molar-refractivity contribution < 1.29 is 17.6 Å². The van der Waals surface area contributed by atoms with Gasteiger partial charge in [0.25, 0.3) is 0 Å². The monoisotopic (exact) mass is 396 g/mol. The van der Waals surface area contributed by atoms with Crippen LogP contribution in [-0.4, -0.2) is 37.7 Å². The normalized spacial score (nSPS) is 15.7. The predicted octanol–water partition coefficient (Wildman–Crippen LogP) is 3.95. The van der Waals surface area contributed by atoms with Crippen LogP contribution in [0.5, 0.6) is 0 Å². The van der Waals surface area contributed by atoms with Gasteiger partial charge < -0.3 is 10.2 Å². The summed E-state index contributed by atoms with van der Waals surface area (Å²) in [4.78, 5) is 14.0. The van der Waals surface area contributed by atoms with Crippen molar-refractivity contribution in [3.05, 3.63) is 59.4 Å². The maximum atomic E-state index is 13.0. The molecule has 0 spiro atoms. The number of amides is 2. The molecule has 1 aliphatic rings. The molecule has 0 saturated carbocycles. The van der Waals surface area contributed by atoms with Gasteiger partial charge in [-0.05, 0) is 55.3 Å². The average Bonchev–Trinajstić information content (AvgIpc) is 2.62. The summed E-state index contributed by atoms with van der Waals surface area (Å²) in [5.41, 5.74) is 0.587. The van der Waals surface area contributed by atoms with Crippen molar-refractivity contribution in [3.8, 4) is 0 Å². The van der Waals surface area contributed by atoms with Crippen LogP contribution in [-0.2, 0) is 9.84 Å². The first-order chi connectivity index (χ1) is 12.4. The zero-order valence-corrected chi connectivity index (χ0v) is 15.4. The molecule has 0 aromatic heterocycles. The predicted molar refractivity (Wildman–Crippen MR) is 98.7 cm³/mol. The van der Waals surface area contributed by atoms with Gasteiger partial charge in [-0.3, -0.25) is 0 Å². The number of likely N-dealkylation sites (tertiary alicyclic amines) is 1. The Kier molecular flexibility index (Phi) is 5.48. The van der Waals surface area contributed by atoms with Crippen molar-refractivity contribution in [1.82, 2.24) is 4.90 Å². The maximum Gasteiger partial charge on any atom is 0.321 e. The summed E-state index contributed by atoms with van der Waals surface area (Å²) in [5.74, 6) is -0.476. The molecule has 3 rings (SSSR count). The van der Waals surface area contributed by atoms with E-state index in [9.17, 15) is 17.6 Å². The van der Waals surface area contributed by atoms with Gasteiger partial charge in [0.15, 0.2) is 9.84 Å². The molecule has 5 nitrogen and oxygen atoms in total. The molecule has 0 atom stereocenters. The number of hydrogen-bond donors (Lipinski definition) is 1. The zero-order chi connectivity index (χ0) is 18.7. The van der Waals surface area contributed by atoms with Crippen molar-refractivity contribution in [3.63, 3.8) is 0 Å². The Morgan fingerprint density at radius 1 is 1.12 bits per heavy atom. The van der Waals surface area contributed by atoms with E-state index in [1.165, 1.54) is 12.1 Å². The number of sulfone groups is 1. The number of rotatable bonds is 3. The fourth-order valence-corrected chi connectivity index (χ4v) is 4.88. The van der Waals surface area contributed by atoms with E-state index in [4.69, 9.17) is 11.6 Å². The molecule has 0 radical (unpaired) electrons. The molecule has 26 heavy (non-hydrogen) atoms. The van der Waals surface area contributed by atoms with E-state index in [-0.39, 0.29) is 10.9 Å². The minimum Gasteiger partial charge on any atom is -0.324 e. The Bertz CT molecular complexity index is 895. The molecule has 1 fully saturated rings. The lowest BCUT2D eigenvalue weighted by Gasteiger charge is -2.31. The molecule has 1 N–H and O–H groups in total. The average molecular weight is 397 g/mol. The standard InChI is InChI=1S/C18H18ClFN2O3S/c19-13-2-1-3-15(12-13)21-18(23)22-10-8-17(9-11-22)26(24,25)16-6-4-14(20)5-7-16/h1-7,12,17H,8-11H2,(H,21,23). The number of hydrogen-bond acceptors (Lipinski definition) is 3. The Morgan fingerprint density at radius 2 is 1.77 bits per heavy atom. The highest BCUT2D eigenvalue weighted by atomic mass is 35.5. The van der Waals surface area contributed by atoms with Gasteiger partial charge >= 0.3 is 6.03 Å². The molecule has 0 bridgehead atoms. The molecule has 1 saturated heterocycles. The third kappa shape index (κ3) is 4.16. The highest BCUT2D eigenvalue weighted by Gasteiger charge is 2.32. The Labute approximate surface area is 156 Å². The van der Waals surface area contributed by atoms with Gasteiger partial charge in [-0.2, -0.15) is 0 Å². The number of nitrogens with zero attached hydrogens (tertiary/aromatic N) is 1. The van der Waals surface area contributed by atoms with E-state index < -0.39 is 20.9 Å². The summed E-state index contributed by atoms with van der Waals surface area (Å²) >= 11 is 5.90. The second-order valence-corrected chi connectivity index (χ2v) is 8.79. The zero-order valence-electron chi connectivity index (χ0n) is 13.9. The molecule has 0 unspecified atom stereocenters. The van der Waals surface area contributed by atoms with E-state index >= 15 is 0 Å². The van der Waals surface area contributed by atoms with Crippen LogP contribution >= 0.6 is 11.6 Å². The first kappa shape index (κ1) is 18.7. The number of carbonyl (C=O) groups is 1. The number of halogens is 2. The quantitative estimate of drug-likeness (QED) is 0.799. The summed E-state index contributed by atoms with van der Waals surface area (Å²) in [6, 6.07) is 11.4. The van der Waals surface area contributed by atoms with Crippen molar-refractivity contribution in [2.24, 2.45) is 0 Å². The van der Waals surface area contributed by atoms with Crippen molar-refractivity contribution in [2.75, 3.05) is 18.4 Å². The maximum absolute atomic E-state index is 13.0. The largest absolute Gasteiger partial charge is 0.324 e. The minimum absolute atomic E-state index is 0.112. The molecule has 8 heteroatoms. The van der Waals surface area contributed by atoms with Gasteiger partial charge in [-0.1, -0.05) is 17.7 Å². The van der Waals surface area contributed by atoms with Gasteiger partial charge in [-0.15, -0.1) is 0 Å². The highest BCUT2D eigenvalue weighted by Crippen LogP contribution is 2.25. The lowest BCUT2D eigenvalue weighted by atomic mass is 10.1. The number of anilines is 1. The fourth-order valence-electron chi connectivity index (χ4n) is 2.95. The number of carbonyl (C=O) groups excluding carboxylic acids is 1. The van der Waals surface area contributed by atoms with E-state index in [1.807, 2.05) is 0 Å². The van der Waals surface area contributed by atoms with Gasteiger partial charge in [0.2, 0.25) is 0 Å². The minimum atomic E-state index is -3.53. The second-order valence-electron chi connectivity index (χ2n) is 6.13. The first-order valence-corrected chi connectivity index (χ1v) is 10.1. The third-order valence-corrected chi connectivity index (χ3v) is 6.90. The van der Waals surface area contributed by atoms with Crippen molar-refractivity contribution >= 4 is 33.2 Å². The second kappa shape index (κ2) is 7.63. The van der Waals surface area contributed by atoms with Crippen LogP contribution in [0.4, 0.5) is 14.9 Å². The van der Waals surface area contributed by atoms with Crippen molar-refractivity contribution in [2.45, 2.75) is 23.0 Å². The fraction of sp³-hybridized carbons (Fsp3) is 0.278. The van der Waals surface area contributed by atoms with Gasteiger partial charge in [0, 0.05) is 23.8 Å². The van der Waals surface area contributed by atoms with E-state index in [0.717, 1.165) is 12.1 Å². The molecular formula is C18H18ClFN2O3S. The van der Waals surface area contributed by atoms with Crippen LogP contribution in [0.2, 0.25) is 5.02 Å². The lowest BCUT2D eigenvalue weighted by molar-refractivity contribution is 0.200. The van der Waals surface area contributed by atoms with Crippen LogP contribution in [0.15, 0.2) is 53.4 Å². The van der Waals surface area contributed by atoms with Crippen LogP contribution in [0.3, 0.4) is 0 Å². The summed E-state index contributed by atoms with van der Waals surface area (Å²) in [7, 11) is -3.53. The Morgan fingerprint density at radius 3 is 2.38 bits per heavy atom. The number of urea groups is 1. The summed E-state index contributed by atoms with van der Waals surface area (Å²) in [5, 5.41) is 2.70. The molecule has 0 aliphatic carbocycles. The smallest absolute Gasteiger partial charge is 0.321 e. The topological polar surface area (TPSA) is 66.5 Å². The Hall–Kier alpha value is -2.12. The van der Waals surface area contributed by atoms with E-state index in [0.29, 0.717) is 36.6 Å². The molecule has 2 aromatic carbocycles. The van der Waals surface area contributed by atoms with Crippen LogP contribution in [0.25, 0.3) is 0 Å². The first-order valence-electron chi connectivity index (χ1n) is 8.17. The number of piperidine rings is 1. The number of nitrogens with one attached hydrogen (secondary N) is 1. The van der Waals surface area contributed by atoms with E-state index in [2.05, 4.69) is 5.32 Å².